The molecule has 0 aliphatic carbocycles. The third-order valence-electron chi connectivity index (χ3n) is 11.3. The van der Waals surface area contributed by atoms with Crippen LogP contribution in [0.15, 0.2) is 11.6 Å². The molecule has 298 valence electrons. The summed E-state index contributed by atoms with van der Waals surface area (Å²) >= 11 is 0. The van der Waals surface area contributed by atoms with Crippen LogP contribution >= 0.6 is 0 Å². The summed E-state index contributed by atoms with van der Waals surface area (Å²) in [6.07, 6.45) is 49.8. The molecule has 0 heterocycles. The maximum atomic E-state index is 12.1. The Labute approximate surface area is 316 Å². The van der Waals surface area contributed by atoms with Crippen LogP contribution in [-0.4, -0.2) is 12.6 Å². The fraction of sp³-hybridized carbons (Fsp3) is 0.938. The van der Waals surface area contributed by atoms with Crippen molar-refractivity contribution in [2.45, 2.75) is 266 Å². The van der Waals surface area contributed by atoms with Crippen LogP contribution in [0.2, 0.25) is 0 Å². The first-order chi connectivity index (χ1) is 24.3. The van der Waals surface area contributed by atoms with Crippen molar-refractivity contribution >= 4 is 5.97 Å². The van der Waals surface area contributed by atoms with Crippen LogP contribution in [0.3, 0.4) is 0 Å². The number of hydrogen-bond donors (Lipinski definition) is 0. The summed E-state index contributed by atoms with van der Waals surface area (Å²) in [7, 11) is 0. The molecule has 0 aromatic rings. The highest BCUT2D eigenvalue weighted by Crippen LogP contribution is 2.22. The molecule has 0 aromatic carbocycles. The number of carbonyl (C=O) groups excluding carboxylic acids is 1. The largest absolute Gasteiger partial charge is 0.461 e. The van der Waals surface area contributed by atoms with Gasteiger partial charge in [0.15, 0.2) is 0 Å². The number of hydrogen-bond acceptors (Lipinski definition) is 2. The number of unbranched alkanes of at least 4 members (excludes halogenated alkanes) is 24. The Bertz CT molecular complexity index is 709. The van der Waals surface area contributed by atoms with Crippen LogP contribution in [-0.2, 0) is 9.53 Å². The van der Waals surface area contributed by atoms with Crippen molar-refractivity contribution < 1.29 is 9.53 Å². The summed E-state index contributed by atoms with van der Waals surface area (Å²) in [6.45, 7) is 14.5. The first-order valence-electron chi connectivity index (χ1n) is 23.2. The van der Waals surface area contributed by atoms with Crippen molar-refractivity contribution in [3.05, 3.63) is 11.6 Å². The molecule has 0 radical (unpaired) electrons. The molecule has 2 atom stereocenters. The Hall–Kier alpha value is -0.790. The Morgan fingerprint density at radius 3 is 1.16 bits per heavy atom. The summed E-state index contributed by atoms with van der Waals surface area (Å²) in [5.41, 5.74) is 1.37. The molecule has 0 aliphatic heterocycles. The summed E-state index contributed by atoms with van der Waals surface area (Å²) in [5, 5.41) is 0. The summed E-state index contributed by atoms with van der Waals surface area (Å²) in [4.78, 5) is 12.1. The number of ether oxygens (including phenoxy) is 1. The minimum absolute atomic E-state index is 0.0183. The van der Waals surface area contributed by atoms with Gasteiger partial charge >= 0.3 is 5.97 Å². The zero-order chi connectivity index (χ0) is 36.8. The molecular formula is C48H94O2. The zero-order valence-corrected chi connectivity index (χ0v) is 35.6. The van der Waals surface area contributed by atoms with Crippen LogP contribution in [0.1, 0.15) is 266 Å². The monoisotopic (exact) mass is 703 g/mol. The molecule has 0 saturated heterocycles. The van der Waals surface area contributed by atoms with E-state index in [2.05, 4.69) is 47.6 Å². The molecule has 0 aliphatic rings. The van der Waals surface area contributed by atoms with Crippen molar-refractivity contribution in [3.63, 3.8) is 0 Å². The Balaban J connectivity index is 3.39. The normalized spacial score (nSPS) is 13.3. The predicted octanol–water partition coefficient (Wildman–Crippen LogP) is 17.1. The van der Waals surface area contributed by atoms with Crippen molar-refractivity contribution in [1.29, 1.82) is 0 Å². The number of esters is 1. The van der Waals surface area contributed by atoms with Gasteiger partial charge in [0.2, 0.25) is 0 Å². The number of rotatable bonds is 40. The Kier molecular flexibility index (Phi) is 38.8. The smallest absolute Gasteiger partial charge is 0.306 e. The lowest BCUT2D eigenvalue weighted by molar-refractivity contribution is -0.142. The summed E-state index contributed by atoms with van der Waals surface area (Å²) < 4.78 is 5.50. The van der Waals surface area contributed by atoms with Crippen molar-refractivity contribution in [2.75, 3.05) is 6.61 Å². The quantitative estimate of drug-likeness (QED) is 0.0361. The van der Waals surface area contributed by atoms with Crippen molar-refractivity contribution in [2.24, 2.45) is 17.8 Å². The van der Waals surface area contributed by atoms with Gasteiger partial charge in [0.05, 0.1) is 0 Å². The molecule has 0 amide bonds. The molecule has 50 heavy (non-hydrogen) atoms. The maximum absolute atomic E-state index is 12.1. The molecule has 2 heteroatoms. The van der Waals surface area contributed by atoms with Gasteiger partial charge in [0.25, 0.3) is 0 Å². The van der Waals surface area contributed by atoms with E-state index in [1.54, 1.807) is 0 Å². The van der Waals surface area contributed by atoms with Crippen molar-refractivity contribution in [1.82, 2.24) is 0 Å². The molecule has 0 N–H and O–H groups in total. The van der Waals surface area contributed by atoms with Gasteiger partial charge in [-0.25, -0.2) is 0 Å². The topological polar surface area (TPSA) is 26.3 Å². The fourth-order valence-corrected chi connectivity index (χ4v) is 7.57. The zero-order valence-electron chi connectivity index (χ0n) is 35.6. The molecule has 0 spiro atoms. The highest BCUT2D eigenvalue weighted by atomic mass is 16.5. The van der Waals surface area contributed by atoms with Gasteiger partial charge in [-0.1, -0.05) is 239 Å². The van der Waals surface area contributed by atoms with Gasteiger partial charge in [0, 0.05) is 6.42 Å². The first-order valence-corrected chi connectivity index (χ1v) is 23.2. The van der Waals surface area contributed by atoms with Crippen LogP contribution in [0.5, 0.6) is 0 Å². The SMILES string of the molecule is CCCCCCCCCCCCCCCCCCCCCCCCCCCC(=O)OCC=C(C)CCCC(C)CCCC(C)CCCC(C)C. The van der Waals surface area contributed by atoms with Crippen LogP contribution < -0.4 is 0 Å². The highest BCUT2D eigenvalue weighted by Gasteiger charge is 2.07. The third-order valence-corrected chi connectivity index (χ3v) is 11.3. The van der Waals surface area contributed by atoms with Crippen LogP contribution in [0, 0.1) is 17.8 Å². The molecule has 0 bridgehead atoms. The van der Waals surface area contributed by atoms with Gasteiger partial charge in [0.1, 0.15) is 6.61 Å². The molecular weight excluding hydrogens is 609 g/mol. The molecule has 2 nitrogen and oxygen atoms in total. The fourth-order valence-electron chi connectivity index (χ4n) is 7.57. The highest BCUT2D eigenvalue weighted by molar-refractivity contribution is 5.69. The standard InChI is InChI=1S/C48H94O2/c1-7-8-9-10-11-12-13-14-15-16-17-18-19-20-21-22-23-24-25-26-27-28-29-30-31-41-48(49)50-43-42-47(6)40-34-39-46(5)38-33-37-45(4)36-32-35-44(2)3/h42,44-46H,7-41,43H2,1-6H3. The van der Waals surface area contributed by atoms with E-state index in [4.69, 9.17) is 4.74 Å². The van der Waals surface area contributed by atoms with Gasteiger partial charge in [-0.15, -0.1) is 0 Å². The lowest BCUT2D eigenvalue weighted by atomic mass is 9.91. The van der Waals surface area contributed by atoms with E-state index in [1.165, 1.54) is 211 Å². The maximum Gasteiger partial charge on any atom is 0.306 e. The van der Waals surface area contributed by atoms with Gasteiger partial charge in [-0.2, -0.15) is 0 Å². The summed E-state index contributed by atoms with van der Waals surface area (Å²) in [6, 6.07) is 0. The Morgan fingerprint density at radius 1 is 0.440 bits per heavy atom. The molecule has 0 aromatic heterocycles. The lowest BCUT2D eigenvalue weighted by Crippen LogP contribution is -2.04. The lowest BCUT2D eigenvalue weighted by Gasteiger charge is -2.15. The number of allylic oxidation sites excluding steroid dienone is 1. The Morgan fingerprint density at radius 2 is 0.780 bits per heavy atom. The molecule has 0 saturated carbocycles. The summed E-state index contributed by atoms with van der Waals surface area (Å²) in [5.74, 6) is 2.54. The van der Waals surface area contributed by atoms with E-state index in [0.29, 0.717) is 13.0 Å². The van der Waals surface area contributed by atoms with Gasteiger partial charge in [-0.3, -0.25) is 4.79 Å². The van der Waals surface area contributed by atoms with Gasteiger partial charge < -0.3 is 4.74 Å². The van der Waals surface area contributed by atoms with Crippen molar-refractivity contribution in [3.8, 4) is 0 Å². The van der Waals surface area contributed by atoms with E-state index < -0.39 is 0 Å². The second-order valence-electron chi connectivity index (χ2n) is 17.3. The third kappa shape index (κ3) is 40.0. The van der Waals surface area contributed by atoms with E-state index in [1.807, 2.05) is 0 Å². The van der Waals surface area contributed by atoms with Crippen LogP contribution in [0.4, 0.5) is 0 Å². The average Bonchev–Trinajstić information content (AvgIpc) is 3.08. The molecule has 0 fully saturated rings. The van der Waals surface area contributed by atoms with E-state index in [0.717, 1.165) is 30.6 Å². The minimum atomic E-state index is -0.0183. The van der Waals surface area contributed by atoms with E-state index in [-0.39, 0.29) is 5.97 Å². The van der Waals surface area contributed by atoms with Gasteiger partial charge in [-0.05, 0) is 50.0 Å². The average molecular weight is 703 g/mol. The second-order valence-corrected chi connectivity index (χ2v) is 17.3. The van der Waals surface area contributed by atoms with E-state index in [9.17, 15) is 4.79 Å². The molecule has 0 rings (SSSR count). The van der Waals surface area contributed by atoms with Crippen LogP contribution in [0.25, 0.3) is 0 Å². The predicted molar refractivity (Wildman–Crippen MR) is 225 cm³/mol. The molecule has 2 unspecified atom stereocenters. The second kappa shape index (κ2) is 39.4. The number of carbonyl (C=O) groups is 1. The minimum Gasteiger partial charge on any atom is -0.461 e. The first kappa shape index (κ1) is 49.2. The van der Waals surface area contributed by atoms with E-state index >= 15 is 0 Å².